The zero-order valence-corrected chi connectivity index (χ0v) is 12.2. The highest BCUT2D eigenvalue weighted by molar-refractivity contribution is 7.87. The number of esters is 1. The van der Waals surface area contributed by atoms with Crippen molar-refractivity contribution >= 4 is 16.2 Å². The number of carbonyl (C=O) groups is 1. The van der Waals surface area contributed by atoms with Gasteiger partial charge >= 0.3 is 5.97 Å². The van der Waals surface area contributed by atoms with Crippen molar-refractivity contribution in [3.05, 3.63) is 0 Å². The summed E-state index contributed by atoms with van der Waals surface area (Å²) >= 11 is 0. The van der Waals surface area contributed by atoms with Gasteiger partial charge in [0.25, 0.3) is 10.2 Å². The molecule has 18 heavy (non-hydrogen) atoms. The highest BCUT2D eigenvalue weighted by Gasteiger charge is 2.08. The number of ether oxygens (including phenoxy) is 1. The number of nitrogens with one attached hydrogen (secondary N) is 2. The van der Waals surface area contributed by atoms with Crippen molar-refractivity contribution in [2.45, 2.75) is 39.5 Å². The molecule has 0 aliphatic carbocycles. The summed E-state index contributed by atoms with van der Waals surface area (Å²) in [5.41, 5.74) is 0. The average Bonchev–Trinajstić information content (AvgIpc) is 2.30. The van der Waals surface area contributed by atoms with Crippen LogP contribution in [-0.4, -0.2) is 34.6 Å². The van der Waals surface area contributed by atoms with Crippen LogP contribution in [0.25, 0.3) is 0 Å². The van der Waals surface area contributed by atoms with E-state index in [9.17, 15) is 13.2 Å². The highest BCUT2D eigenvalue weighted by Crippen LogP contribution is 2.00. The number of rotatable bonds is 10. The molecular weight excluding hydrogens is 256 g/mol. The molecule has 0 fully saturated rings. The Morgan fingerprint density at radius 3 is 2.39 bits per heavy atom. The molecule has 0 amide bonds. The molecule has 0 aromatic carbocycles. The van der Waals surface area contributed by atoms with Gasteiger partial charge in [-0.3, -0.25) is 4.79 Å². The molecule has 6 nitrogen and oxygen atoms in total. The zero-order valence-electron chi connectivity index (χ0n) is 11.4. The van der Waals surface area contributed by atoms with E-state index in [1.807, 2.05) is 13.8 Å². The van der Waals surface area contributed by atoms with Crippen LogP contribution in [0.4, 0.5) is 0 Å². The SMILES string of the molecule is COC(=O)CCCCCNS(=O)(=O)NCC(C)C. The number of methoxy groups -OCH3 is 1. The van der Waals surface area contributed by atoms with Gasteiger partial charge in [-0.05, 0) is 18.8 Å². The minimum atomic E-state index is -3.38. The molecule has 0 radical (unpaired) electrons. The molecule has 0 aliphatic heterocycles. The first-order valence-electron chi connectivity index (χ1n) is 6.18. The maximum atomic E-state index is 11.4. The van der Waals surface area contributed by atoms with Gasteiger partial charge in [-0.15, -0.1) is 0 Å². The van der Waals surface area contributed by atoms with E-state index in [0.29, 0.717) is 32.4 Å². The number of carbonyl (C=O) groups excluding carboxylic acids is 1. The lowest BCUT2D eigenvalue weighted by Gasteiger charge is -2.09. The predicted molar refractivity (Wildman–Crippen MR) is 70.2 cm³/mol. The molecule has 0 bridgehead atoms. The second kappa shape index (κ2) is 9.29. The fraction of sp³-hybridized carbons (Fsp3) is 0.909. The quantitative estimate of drug-likeness (QED) is 0.458. The summed E-state index contributed by atoms with van der Waals surface area (Å²) in [6.07, 6.45) is 2.60. The van der Waals surface area contributed by atoms with Gasteiger partial charge in [0.15, 0.2) is 0 Å². The number of unbranched alkanes of at least 4 members (excludes halogenated alkanes) is 2. The van der Waals surface area contributed by atoms with Gasteiger partial charge in [-0.1, -0.05) is 20.3 Å². The molecule has 0 rings (SSSR count). The molecule has 2 N–H and O–H groups in total. The minimum absolute atomic E-state index is 0.228. The fourth-order valence-electron chi connectivity index (χ4n) is 1.21. The van der Waals surface area contributed by atoms with Crippen LogP contribution in [0.5, 0.6) is 0 Å². The maximum absolute atomic E-state index is 11.4. The molecule has 0 atom stereocenters. The summed E-state index contributed by atoms with van der Waals surface area (Å²) < 4.78 is 32.3. The van der Waals surface area contributed by atoms with Crippen LogP contribution in [0.15, 0.2) is 0 Å². The smallest absolute Gasteiger partial charge is 0.305 e. The topological polar surface area (TPSA) is 84.5 Å². The molecule has 0 heterocycles. The van der Waals surface area contributed by atoms with E-state index in [4.69, 9.17) is 0 Å². The fourth-order valence-corrected chi connectivity index (χ4v) is 2.27. The van der Waals surface area contributed by atoms with Crippen LogP contribution in [0.3, 0.4) is 0 Å². The van der Waals surface area contributed by atoms with Crippen molar-refractivity contribution in [1.82, 2.24) is 9.44 Å². The van der Waals surface area contributed by atoms with E-state index >= 15 is 0 Å². The standard InChI is InChI=1S/C11H24N2O4S/c1-10(2)9-13-18(15,16)12-8-6-4-5-7-11(14)17-3/h10,12-13H,4-9H2,1-3H3. The molecule has 0 aromatic heterocycles. The predicted octanol–water partition coefficient (Wildman–Crippen LogP) is 0.800. The average molecular weight is 280 g/mol. The Morgan fingerprint density at radius 1 is 1.17 bits per heavy atom. The van der Waals surface area contributed by atoms with Gasteiger partial charge < -0.3 is 4.74 Å². The summed E-state index contributed by atoms with van der Waals surface area (Å²) in [6, 6.07) is 0. The van der Waals surface area contributed by atoms with Crippen molar-refractivity contribution in [2.75, 3.05) is 20.2 Å². The third kappa shape index (κ3) is 10.5. The van der Waals surface area contributed by atoms with Crippen molar-refractivity contribution in [2.24, 2.45) is 5.92 Å². The van der Waals surface area contributed by atoms with Crippen LogP contribution < -0.4 is 9.44 Å². The Hall–Kier alpha value is -0.660. The first kappa shape index (κ1) is 17.3. The summed E-state index contributed by atoms with van der Waals surface area (Å²) in [6.45, 7) is 4.69. The maximum Gasteiger partial charge on any atom is 0.305 e. The van der Waals surface area contributed by atoms with E-state index in [1.54, 1.807) is 0 Å². The van der Waals surface area contributed by atoms with E-state index < -0.39 is 10.2 Å². The highest BCUT2D eigenvalue weighted by atomic mass is 32.2. The van der Waals surface area contributed by atoms with Crippen molar-refractivity contribution in [3.63, 3.8) is 0 Å². The Morgan fingerprint density at radius 2 is 1.83 bits per heavy atom. The van der Waals surface area contributed by atoms with Crippen LogP contribution in [-0.2, 0) is 19.7 Å². The van der Waals surface area contributed by atoms with E-state index in [-0.39, 0.29) is 11.9 Å². The summed E-state index contributed by atoms with van der Waals surface area (Å²) in [4.78, 5) is 10.8. The van der Waals surface area contributed by atoms with Crippen molar-refractivity contribution < 1.29 is 17.9 Å². The first-order chi connectivity index (χ1) is 8.37. The molecule has 0 spiro atoms. The second-order valence-electron chi connectivity index (χ2n) is 4.53. The molecule has 108 valence electrons. The van der Waals surface area contributed by atoms with Gasteiger partial charge in [0.2, 0.25) is 0 Å². The first-order valence-corrected chi connectivity index (χ1v) is 7.66. The molecule has 0 saturated carbocycles. The monoisotopic (exact) mass is 280 g/mol. The zero-order chi connectivity index (χ0) is 14.0. The lowest BCUT2D eigenvalue weighted by Crippen LogP contribution is -2.38. The molecule has 0 saturated heterocycles. The van der Waals surface area contributed by atoms with Crippen LogP contribution in [0.2, 0.25) is 0 Å². The van der Waals surface area contributed by atoms with Gasteiger partial charge in [0.1, 0.15) is 0 Å². The second-order valence-corrected chi connectivity index (χ2v) is 6.11. The lowest BCUT2D eigenvalue weighted by atomic mass is 10.2. The van der Waals surface area contributed by atoms with Gasteiger partial charge in [0.05, 0.1) is 7.11 Å². The molecule has 0 unspecified atom stereocenters. The Bertz CT molecular complexity index is 328. The van der Waals surface area contributed by atoms with Gasteiger partial charge in [-0.25, -0.2) is 9.44 Å². The van der Waals surface area contributed by atoms with Crippen LogP contribution in [0, 0.1) is 5.92 Å². The summed E-state index contributed by atoms with van der Waals surface area (Å²) in [5.74, 6) is 0.0517. The van der Waals surface area contributed by atoms with Crippen molar-refractivity contribution in [1.29, 1.82) is 0 Å². The van der Waals surface area contributed by atoms with Crippen LogP contribution >= 0.6 is 0 Å². The van der Waals surface area contributed by atoms with E-state index in [0.717, 1.165) is 6.42 Å². The Kier molecular flexibility index (Phi) is 8.95. The number of hydrogen-bond acceptors (Lipinski definition) is 4. The largest absolute Gasteiger partial charge is 0.469 e. The van der Waals surface area contributed by atoms with Gasteiger partial charge in [-0.2, -0.15) is 8.42 Å². The van der Waals surface area contributed by atoms with Crippen molar-refractivity contribution in [3.8, 4) is 0 Å². The van der Waals surface area contributed by atoms with E-state index in [2.05, 4.69) is 14.2 Å². The molecule has 0 aliphatic rings. The minimum Gasteiger partial charge on any atom is -0.469 e. The lowest BCUT2D eigenvalue weighted by molar-refractivity contribution is -0.140. The molecular formula is C11H24N2O4S. The van der Waals surface area contributed by atoms with Gasteiger partial charge in [0, 0.05) is 19.5 Å². The Labute approximate surface area is 110 Å². The third-order valence-corrected chi connectivity index (χ3v) is 3.39. The van der Waals surface area contributed by atoms with Crippen LogP contribution in [0.1, 0.15) is 39.5 Å². The Balaban J connectivity index is 3.56. The summed E-state index contributed by atoms with van der Waals surface area (Å²) in [5, 5.41) is 0. The number of hydrogen-bond donors (Lipinski definition) is 2. The normalized spacial score (nSPS) is 11.8. The third-order valence-electron chi connectivity index (χ3n) is 2.26. The molecule has 0 aromatic rings. The summed E-state index contributed by atoms with van der Waals surface area (Å²) in [7, 11) is -2.02. The van der Waals surface area contributed by atoms with E-state index in [1.165, 1.54) is 7.11 Å². The molecule has 7 heteroatoms.